The fourth-order valence-electron chi connectivity index (χ4n) is 3.17. The van der Waals surface area contributed by atoms with Gasteiger partial charge in [0.05, 0.1) is 19.6 Å². The number of rotatable bonds is 5. The van der Waals surface area contributed by atoms with Crippen LogP contribution >= 0.6 is 0 Å². The molecule has 0 spiro atoms. The van der Waals surface area contributed by atoms with Crippen LogP contribution in [0.2, 0.25) is 0 Å². The van der Waals surface area contributed by atoms with E-state index in [1.807, 2.05) is 0 Å². The number of carbonyl (C=O) groups excluding carboxylic acids is 1. The molecule has 0 aromatic carbocycles. The Hall–Kier alpha value is -1.14. The molecule has 2 rings (SSSR count). The van der Waals surface area contributed by atoms with Crippen LogP contribution in [0.4, 0.5) is 0 Å². The summed E-state index contributed by atoms with van der Waals surface area (Å²) in [6.07, 6.45) is 5.17. The lowest BCUT2D eigenvalue weighted by Gasteiger charge is -2.36. The smallest absolute Gasteiger partial charge is 0.303 e. The average Bonchev–Trinajstić information content (AvgIpc) is 2.46. The van der Waals surface area contributed by atoms with Crippen molar-refractivity contribution in [2.45, 2.75) is 44.6 Å². The molecule has 1 saturated heterocycles. The summed E-state index contributed by atoms with van der Waals surface area (Å²) < 4.78 is 5.27. The Morgan fingerprint density at radius 3 is 2.65 bits per heavy atom. The first-order valence-electron chi connectivity index (χ1n) is 7.42. The number of amides is 1. The minimum Gasteiger partial charge on any atom is -0.481 e. The van der Waals surface area contributed by atoms with Crippen LogP contribution in [0.15, 0.2) is 0 Å². The lowest BCUT2D eigenvalue weighted by atomic mass is 9.71. The molecular formula is C14H24N2O4. The van der Waals surface area contributed by atoms with Gasteiger partial charge in [-0.05, 0) is 18.3 Å². The number of aliphatic carboxylic acids is 1. The Balaban J connectivity index is 1.87. The van der Waals surface area contributed by atoms with Gasteiger partial charge in [0.15, 0.2) is 0 Å². The normalized spacial score (nSPS) is 25.9. The molecule has 1 unspecified atom stereocenters. The van der Waals surface area contributed by atoms with E-state index in [0.717, 1.165) is 32.1 Å². The zero-order chi connectivity index (χ0) is 14.4. The van der Waals surface area contributed by atoms with E-state index in [4.69, 9.17) is 9.84 Å². The number of morpholine rings is 1. The first-order valence-corrected chi connectivity index (χ1v) is 7.42. The Kier molecular flexibility index (Phi) is 5.37. The zero-order valence-corrected chi connectivity index (χ0v) is 11.8. The largest absolute Gasteiger partial charge is 0.481 e. The van der Waals surface area contributed by atoms with Crippen molar-refractivity contribution in [2.24, 2.45) is 5.41 Å². The first-order chi connectivity index (χ1) is 9.61. The summed E-state index contributed by atoms with van der Waals surface area (Å²) in [5.41, 5.74) is -0.269. The maximum absolute atomic E-state index is 12.1. The fraction of sp³-hybridized carbons (Fsp3) is 0.857. The highest BCUT2D eigenvalue weighted by molar-refractivity contribution is 5.82. The van der Waals surface area contributed by atoms with E-state index in [1.165, 1.54) is 0 Å². The molecule has 0 aromatic rings. The third-order valence-electron chi connectivity index (χ3n) is 4.32. The highest BCUT2D eigenvalue weighted by Gasteiger charge is 2.35. The van der Waals surface area contributed by atoms with Crippen LogP contribution < -0.4 is 10.6 Å². The first kappa shape index (κ1) is 15.3. The van der Waals surface area contributed by atoms with Gasteiger partial charge in [-0.2, -0.15) is 0 Å². The van der Waals surface area contributed by atoms with Crippen LogP contribution in [0.3, 0.4) is 0 Å². The molecule has 2 fully saturated rings. The molecular weight excluding hydrogens is 260 g/mol. The minimum atomic E-state index is -0.778. The van der Waals surface area contributed by atoms with Crippen LogP contribution in [0, 0.1) is 5.41 Å². The molecule has 3 N–H and O–H groups in total. The van der Waals surface area contributed by atoms with Gasteiger partial charge in [0, 0.05) is 13.1 Å². The van der Waals surface area contributed by atoms with Crippen LogP contribution in [0.25, 0.3) is 0 Å². The molecule has 1 atom stereocenters. The molecule has 6 nitrogen and oxygen atoms in total. The van der Waals surface area contributed by atoms with Crippen LogP contribution in [-0.2, 0) is 14.3 Å². The number of ether oxygens (including phenoxy) is 1. The maximum Gasteiger partial charge on any atom is 0.303 e. The van der Waals surface area contributed by atoms with E-state index >= 15 is 0 Å². The van der Waals surface area contributed by atoms with Crippen molar-refractivity contribution in [3.63, 3.8) is 0 Å². The molecule has 114 valence electrons. The maximum atomic E-state index is 12.1. The Morgan fingerprint density at radius 1 is 1.30 bits per heavy atom. The van der Waals surface area contributed by atoms with Crippen molar-refractivity contribution in [1.82, 2.24) is 10.6 Å². The lowest BCUT2D eigenvalue weighted by Crippen LogP contribution is -2.53. The summed E-state index contributed by atoms with van der Waals surface area (Å²) in [5.74, 6) is -0.861. The summed E-state index contributed by atoms with van der Waals surface area (Å²) >= 11 is 0. The predicted molar refractivity (Wildman–Crippen MR) is 73.4 cm³/mol. The van der Waals surface area contributed by atoms with Crippen molar-refractivity contribution in [3.8, 4) is 0 Å². The van der Waals surface area contributed by atoms with Gasteiger partial charge in [-0.15, -0.1) is 0 Å². The van der Waals surface area contributed by atoms with Gasteiger partial charge in [0.2, 0.25) is 5.91 Å². The fourth-order valence-corrected chi connectivity index (χ4v) is 3.17. The molecule has 1 saturated carbocycles. The van der Waals surface area contributed by atoms with E-state index < -0.39 is 5.97 Å². The molecule has 0 bridgehead atoms. The van der Waals surface area contributed by atoms with Gasteiger partial charge in [-0.1, -0.05) is 19.3 Å². The predicted octanol–water partition coefficient (Wildman–Crippen LogP) is 0.516. The van der Waals surface area contributed by atoms with Crippen LogP contribution in [0.5, 0.6) is 0 Å². The molecule has 1 amide bonds. The van der Waals surface area contributed by atoms with Crippen molar-refractivity contribution < 1.29 is 19.4 Å². The second kappa shape index (κ2) is 7.04. The Labute approximate surface area is 119 Å². The summed E-state index contributed by atoms with van der Waals surface area (Å²) in [6, 6.07) is -0.311. The van der Waals surface area contributed by atoms with E-state index in [-0.39, 0.29) is 23.8 Å². The van der Waals surface area contributed by atoms with E-state index in [2.05, 4.69) is 10.6 Å². The number of carbonyl (C=O) groups is 2. The molecule has 1 aliphatic heterocycles. The van der Waals surface area contributed by atoms with Gasteiger partial charge in [0.1, 0.15) is 6.04 Å². The second-order valence-corrected chi connectivity index (χ2v) is 5.93. The van der Waals surface area contributed by atoms with E-state index in [0.29, 0.717) is 26.3 Å². The quantitative estimate of drug-likeness (QED) is 0.685. The number of hydrogen-bond donors (Lipinski definition) is 3. The number of carboxylic acid groups (broad SMARTS) is 1. The molecule has 20 heavy (non-hydrogen) atoms. The van der Waals surface area contributed by atoms with Crippen molar-refractivity contribution in [2.75, 3.05) is 26.3 Å². The molecule has 0 aromatic heterocycles. The topological polar surface area (TPSA) is 87.7 Å². The highest BCUT2D eigenvalue weighted by Crippen LogP contribution is 2.38. The monoisotopic (exact) mass is 284 g/mol. The van der Waals surface area contributed by atoms with Crippen molar-refractivity contribution >= 4 is 11.9 Å². The van der Waals surface area contributed by atoms with Crippen molar-refractivity contribution in [1.29, 1.82) is 0 Å². The minimum absolute atomic E-state index is 0.0833. The molecule has 1 aliphatic carbocycles. The van der Waals surface area contributed by atoms with E-state index in [1.54, 1.807) is 0 Å². The zero-order valence-electron chi connectivity index (χ0n) is 11.8. The standard InChI is InChI=1S/C14H24N2O4/c17-12(18)8-14(4-2-1-3-5-14)10-16-13(19)11-9-20-7-6-15-11/h11,15H,1-10H2,(H,16,19)(H,17,18). The third kappa shape index (κ3) is 4.18. The summed E-state index contributed by atoms with van der Waals surface area (Å²) in [5, 5.41) is 15.1. The average molecular weight is 284 g/mol. The Bertz CT molecular complexity index is 347. The molecule has 2 aliphatic rings. The van der Waals surface area contributed by atoms with Gasteiger partial charge in [-0.25, -0.2) is 0 Å². The van der Waals surface area contributed by atoms with Gasteiger partial charge >= 0.3 is 5.97 Å². The number of nitrogens with one attached hydrogen (secondary N) is 2. The van der Waals surface area contributed by atoms with Gasteiger partial charge in [0.25, 0.3) is 0 Å². The van der Waals surface area contributed by atoms with Gasteiger partial charge < -0.3 is 20.5 Å². The molecule has 1 heterocycles. The third-order valence-corrected chi connectivity index (χ3v) is 4.32. The lowest BCUT2D eigenvalue weighted by molar-refractivity contribution is -0.141. The van der Waals surface area contributed by atoms with Crippen LogP contribution in [-0.4, -0.2) is 49.3 Å². The number of carboxylic acids is 1. The molecule has 0 radical (unpaired) electrons. The Morgan fingerprint density at radius 2 is 2.05 bits per heavy atom. The van der Waals surface area contributed by atoms with Crippen molar-refractivity contribution in [3.05, 3.63) is 0 Å². The number of hydrogen-bond acceptors (Lipinski definition) is 4. The van der Waals surface area contributed by atoms with Crippen LogP contribution in [0.1, 0.15) is 38.5 Å². The highest BCUT2D eigenvalue weighted by atomic mass is 16.5. The molecule has 6 heteroatoms. The summed E-state index contributed by atoms with van der Waals surface area (Å²) in [6.45, 7) is 2.15. The van der Waals surface area contributed by atoms with E-state index in [9.17, 15) is 9.59 Å². The SMILES string of the molecule is O=C(O)CC1(CNC(=O)C2COCCN2)CCCCC1. The summed E-state index contributed by atoms with van der Waals surface area (Å²) in [4.78, 5) is 23.1. The summed E-state index contributed by atoms with van der Waals surface area (Å²) in [7, 11) is 0. The second-order valence-electron chi connectivity index (χ2n) is 5.93. The van der Waals surface area contributed by atoms with Gasteiger partial charge in [-0.3, -0.25) is 9.59 Å².